The molecule has 4 rings (SSSR count). The van der Waals surface area contributed by atoms with Crippen LogP contribution in [-0.2, 0) is 14.3 Å². The Bertz CT molecular complexity index is 1040. The lowest BCUT2D eigenvalue weighted by Crippen LogP contribution is -2.36. The quantitative estimate of drug-likeness (QED) is 0.359. The van der Waals surface area contributed by atoms with E-state index in [9.17, 15) is 14.7 Å². The van der Waals surface area contributed by atoms with Crippen molar-refractivity contribution in [3.05, 3.63) is 70.3 Å². The van der Waals surface area contributed by atoms with Gasteiger partial charge in [0.05, 0.1) is 17.7 Å². The van der Waals surface area contributed by atoms with Crippen molar-refractivity contribution in [1.82, 2.24) is 4.90 Å². The number of ketones is 1. The SMILES string of the molecule is CCN(CC)c1ccc([C@@H]2C(=C(O)c3ccc(Cl)cc3)C(=O)C(=O)N2C[C@H]2CCCO2)cc1. The van der Waals surface area contributed by atoms with Crippen LogP contribution in [0.3, 0.4) is 0 Å². The molecule has 0 aliphatic carbocycles. The number of hydrogen-bond donors (Lipinski definition) is 1. The van der Waals surface area contributed by atoms with Crippen LogP contribution >= 0.6 is 11.6 Å². The fourth-order valence-electron chi connectivity index (χ4n) is 4.64. The van der Waals surface area contributed by atoms with Gasteiger partial charge in [0.25, 0.3) is 11.7 Å². The van der Waals surface area contributed by atoms with Gasteiger partial charge in [-0.3, -0.25) is 9.59 Å². The van der Waals surface area contributed by atoms with Crippen molar-refractivity contribution in [1.29, 1.82) is 0 Å². The molecule has 0 unspecified atom stereocenters. The lowest BCUT2D eigenvalue weighted by molar-refractivity contribution is -0.140. The van der Waals surface area contributed by atoms with Crippen LogP contribution in [0.25, 0.3) is 5.76 Å². The molecular formula is C26H29ClN2O4. The summed E-state index contributed by atoms with van der Waals surface area (Å²) in [4.78, 5) is 30.0. The first kappa shape index (κ1) is 23.3. The molecule has 1 N–H and O–H groups in total. The van der Waals surface area contributed by atoms with Crippen molar-refractivity contribution in [2.45, 2.75) is 38.8 Å². The predicted molar refractivity (Wildman–Crippen MR) is 129 cm³/mol. The lowest BCUT2D eigenvalue weighted by atomic mass is 9.95. The number of amides is 1. The number of hydrogen-bond acceptors (Lipinski definition) is 5. The second kappa shape index (κ2) is 9.98. The maximum atomic E-state index is 13.1. The van der Waals surface area contributed by atoms with Crippen LogP contribution in [-0.4, -0.2) is 54.0 Å². The van der Waals surface area contributed by atoms with Crippen LogP contribution in [0.4, 0.5) is 5.69 Å². The van der Waals surface area contributed by atoms with Gasteiger partial charge >= 0.3 is 0 Å². The summed E-state index contributed by atoms with van der Waals surface area (Å²) in [5.74, 6) is -1.49. The minimum absolute atomic E-state index is 0.0934. The maximum Gasteiger partial charge on any atom is 0.295 e. The number of rotatable bonds is 7. The van der Waals surface area contributed by atoms with Crippen molar-refractivity contribution in [2.75, 3.05) is 31.1 Å². The Balaban J connectivity index is 1.78. The van der Waals surface area contributed by atoms with Crippen molar-refractivity contribution in [2.24, 2.45) is 0 Å². The Morgan fingerprint density at radius 1 is 1.09 bits per heavy atom. The summed E-state index contributed by atoms with van der Waals surface area (Å²) in [5.41, 5.74) is 2.38. The number of ether oxygens (including phenoxy) is 1. The van der Waals surface area contributed by atoms with Crippen molar-refractivity contribution < 1.29 is 19.4 Å². The number of aliphatic hydroxyl groups is 1. The van der Waals surface area contributed by atoms with Gasteiger partial charge in [-0.1, -0.05) is 23.7 Å². The zero-order chi connectivity index (χ0) is 23.5. The largest absolute Gasteiger partial charge is 0.507 e. The van der Waals surface area contributed by atoms with Crippen LogP contribution < -0.4 is 4.90 Å². The van der Waals surface area contributed by atoms with Crippen molar-refractivity contribution >= 4 is 34.7 Å². The topological polar surface area (TPSA) is 70.1 Å². The van der Waals surface area contributed by atoms with Gasteiger partial charge in [-0.15, -0.1) is 0 Å². The van der Waals surface area contributed by atoms with Gasteiger partial charge in [0.2, 0.25) is 0 Å². The first-order chi connectivity index (χ1) is 15.9. The summed E-state index contributed by atoms with van der Waals surface area (Å²) in [7, 11) is 0. The molecule has 0 aromatic heterocycles. The Labute approximate surface area is 199 Å². The first-order valence-electron chi connectivity index (χ1n) is 11.5. The van der Waals surface area contributed by atoms with Crippen LogP contribution in [0.15, 0.2) is 54.1 Å². The molecule has 33 heavy (non-hydrogen) atoms. The smallest absolute Gasteiger partial charge is 0.295 e. The summed E-state index contributed by atoms with van der Waals surface area (Å²) < 4.78 is 5.75. The van der Waals surface area contributed by atoms with Gasteiger partial charge in [0.1, 0.15) is 5.76 Å². The van der Waals surface area contributed by atoms with Gasteiger partial charge < -0.3 is 19.6 Å². The molecule has 0 saturated carbocycles. The number of nitrogens with zero attached hydrogens (tertiary/aromatic N) is 2. The highest BCUT2D eigenvalue weighted by atomic mass is 35.5. The number of likely N-dealkylation sites (tertiary alicyclic amines) is 1. The number of Topliss-reactive ketones (excluding diaryl/α,β-unsaturated/α-hetero) is 1. The van der Waals surface area contributed by atoms with Gasteiger partial charge in [0.15, 0.2) is 0 Å². The molecule has 2 aromatic rings. The Morgan fingerprint density at radius 2 is 1.76 bits per heavy atom. The second-order valence-corrected chi connectivity index (χ2v) is 8.79. The third-order valence-electron chi connectivity index (χ3n) is 6.42. The fourth-order valence-corrected chi connectivity index (χ4v) is 4.77. The molecule has 7 heteroatoms. The van der Waals surface area contributed by atoms with E-state index in [0.29, 0.717) is 23.7 Å². The summed E-state index contributed by atoms with van der Waals surface area (Å²) in [6.07, 6.45) is 1.66. The molecule has 0 radical (unpaired) electrons. The molecule has 0 spiro atoms. The Kier molecular flexibility index (Phi) is 7.05. The molecule has 174 valence electrons. The van der Waals surface area contributed by atoms with Crippen LogP contribution in [0.1, 0.15) is 43.9 Å². The zero-order valence-electron chi connectivity index (χ0n) is 19.0. The van der Waals surface area contributed by atoms with Crippen molar-refractivity contribution in [3.63, 3.8) is 0 Å². The maximum absolute atomic E-state index is 13.1. The minimum Gasteiger partial charge on any atom is -0.507 e. The van der Waals surface area contributed by atoms with E-state index in [1.54, 1.807) is 29.2 Å². The standard InChI is InChI=1S/C26H29ClN2O4/c1-3-28(4-2)20-13-9-17(10-14-20)23-22(24(30)18-7-11-19(27)12-8-18)25(31)26(32)29(23)16-21-6-5-15-33-21/h7-14,21,23,30H,3-6,15-16H2,1-2H3/t21-,23-/m1/s1. The monoisotopic (exact) mass is 468 g/mol. The lowest BCUT2D eigenvalue weighted by Gasteiger charge is -2.28. The van der Waals surface area contributed by atoms with Gasteiger partial charge in [-0.2, -0.15) is 0 Å². The van der Waals surface area contributed by atoms with Crippen LogP contribution in [0.5, 0.6) is 0 Å². The Hall–Kier alpha value is -2.83. The van der Waals surface area contributed by atoms with Crippen molar-refractivity contribution in [3.8, 4) is 0 Å². The summed E-state index contributed by atoms with van der Waals surface area (Å²) in [6, 6.07) is 13.8. The highest BCUT2D eigenvalue weighted by Gasteiger charge is 2.47. The molecule has 2 aliphatic rings. The molecule has 0 bridgehead atoms. The third-order valence-corrected chi connectivity index (χ3v) is 6.67. The van der Waals surface area contributed by atoms with E-state index >= 15 is 0 Å². The second-order valence-electron chi connectivity index (χ2n) is 8.36. The molecule has 2 fully saturated rings. The van der Waals surface area contributed by atoms with E-state index in [4.69, 9.17) is 16.3 Å². The summed E-state index contributed by atoms with van der Waals surface area (Å²) in [6.45, 7) is 6.92. The van der Waals surface area contributed by atoms with Gasteiger partial charge in [-0.05, 0) is 68.7 Å². The molecule has 6 nitrogen and oxygen atoms in total. The van der Waals surface area contributed by atoms with E-state index in [1.807, 2.05) is 24.3 Å². The Morgan fingerprint density at radius 3 is 2.33 bits per heavy atom. The highest BCUT2D eigenvalue weighted by Crippen LogP contribution is 2.40. The van der Waals surface area contributed by atoms with Gasteiger partial charge in [-0.25, -0.2) is 0 Å². The molecule has 2 atom stereocenters. The number of anilines is 1. The average Bonchev–Trinajstić information content (AvgIpc) is 3.43. The predicted octanol–water partition coefficient (Wildman–Crippen LogP) is 4.79. The first-order valence-corrected chi connectivity index (χ1v) is 11.8. The van der Waals surface area contributed by atoms with Crippen LogP contribution in [0, 0.1) is 0 Å². The van der Waals surface area contributed by atoms with Crippen LogP contribution in [0.2, 0.25) is 5.02 Å². The molecular weight excluding hydrogens is 440 g/mol. The molecule has 2 saturated heterocycles. The van der Waals surface area contributed by atoms with E-state index in [2.05, 4.69) is 18.7 Å². The average molecular weight is 469 g/mol. The number of halogens is 1. The van der Waals surface area contributed by atoms with E-state index in [1.165, 1.54) is 0 Å². The van der Waals surface area contributed by atoms with Gasteiger partial charge in [0, 0.05) is 42.5 Å². The molecule has 2 aliphatic heterocycles. The minimum atomic E-state index is -0.685. The molecule has 2 heterocycles. The summed E-state index contributed by atoms with van der Waals surface area (Å²) >= 11 is 5.99. The van der Waals surface area contributed by atoms with E-state index < -0.39 is 17.7 Å². The zero-order valence-corrected chi connectivity index (χ0v) is 19.7. The molecule has 1 amide bonds. The number of aliphatic hydroxyl groups excluding tert-OH is 1. The number of carbonyl (C=O) groups excluding carboxylic acids is 2. The summed E-state index contributed by atoms with van der Waals surface area (Å²) in [5, 5.41) is 11.6. The normalized spacial score (nSPS) is 22.2. The number of benzene rings is 2. The number of carbonyl (C=O) groups is 2. The highest BCUT2D eigenvalue weighted by molar-refractivity contribution is 6.46. The van der Waals surface area contributed by atoms with E-state index in [0.717, 1.165) is 37.2 Å². The third kappa shape index (κ3) is 4.63. The van der Waals surface area contributed by atoms with E-state index in [-0.39, 0.29) is 17.4 Å². The molecule has 2 aromatic carbocycles. The fraction of sp³-hybridized carbons (Fsp3) is 0.385.